The number of carbonyl (C=O) groups is 3. The molecule has 162 valence electrons. The molecule has 0 aliphatic carbocycles. The van der Waals surface area contributed by atoms with Gasteiger partial charge in [0, 0.05) is 42.7 Å². The summed E-state index contributed by atoms with van der Waals surface area (Å²) in [5, 5.41) is 3.30. The number of hydrogen-bond donors (Lipinski definition) is 1. The van der Waals surface area contributed by atoms with Gasteiger partial charge >= 0.3 is 0 Å². The molecule has 0 saturated carbocycles. The van der Waals surface area contributed by atoms with Gasteiger partial charge in [0.1, 0.15) is 5.69 Å². The van der Waals surface area contributed by atoms with E-state index in [-0.39, 0.29) is 30.1 Å². The summed E-state index contributed by atoms with van der Waals surface area (Å²) in [4.78, 5) is 51.0. The van der Waals surface area contributed by atoms with Gasteiger partial charge < -0.3 is 9.80 Å². The lowest BCUT2D eigenvalue weighted by Crippen LogP contribution is -2.40. The molecule has 0 bridgehead atoms. The molecular formula is C23H21N5O3S. The van der Waals surface area contributed by atoms with Crippen molar-refractivity contribution in [2.45, 2.75) is 19.4 Å². The lowest BCUT2D eigenvalue weighted by atomic mass is 10.1. The van der Waals surface area contributed by atoms with Crippen molar-refractivity contribution in [1.82, 2.24) is 14.9 Å². The number of nitrogens with zero attached hydrogens (tertiary/aromatic N) is 4. The third-order valence-corrected chi connectivity index (χ3v) is 6.70. The van der Waals surface area contributed by atoms with Crippen LogP contribution in [0.15, 0.2) is 54.7 Å². The minimum atomic E-state index is -0.347. The van der Waals surface area contributed by atoms with E-state index in [0.717, 1.165) is 16.3 Å². The number of nitrogens with one attached hydrogen (secondary N) is 1. The van der Waals surface area contributed by atoms with Crippen LogP contribution in [0, 0.1) is 5.92 Å². The summed E-state index contributed by atoms with van der Waals surface area (Å²) in [5.41, 5.74) is 2.06. The van der Waals surface area contributed by atoms with Crippen LogP contribution in [-0.2, 0) is 22.6 Å². The van der Waals surface area contributed by atoms with Crippen LogP contribution in [-0.4, -0.2) is 45.7 Å². The summed E-state index contributed by atoms with van der Waals surface area (Å²) >= 11 is 1.38. The third-order valence-electron chi connectivity index (χ3n) is 5.70. The Kier molecular flexibility index (Phi) is 5.40. The number of hydrogen-bond acceptors (Lipinski definition) is 6. The fraction of sp³-hybridized carbons (Fsp3) is 0.261. The molecule has 4 heterocycles. The highest BCUT2D eigenvalue weighted by Gasteiger charge is 2.38. The monoisotopic (exact) mass is 447 g/mol. The fourth-order valence-electron chi connectivity index (χ4n) is 4.08. The zero-order chi connectivity index (χ0) is 22.1. The van der Waals surface area contributed by atoms with Crippen molar-refractivity contribution in [3.8, 4) is 0 Å². The average molecular weight is 448 g/mol. The molecule has 2 aliphatic heterocycles. The molecular weight excluding hydrogens is 426 g/mol. The maximum atomic E-state index is 13.2. The van der Waals surface area contributed by atoms with E-state index in [1.807, 2.05) is 30.3 Å². The third kappa shape index (κ3) is 3.99. The number of benzene rings is 1. The molecule has 1 atom stereocenters. The first-order valence-electron chi connectivity index (χ1n) is 10.4. The molecule has 32 heavy (non-hydrogen) atoms. The predicted octanol–water partition coefficient (Wildman–Crippen LogP) is 2.73. The van der Waals surface area contributed by atoms with E-state index in [2.05, 4.69) is 15.3 Å². The van der Waals surface area contributed by atoms with Crippen LogP contribution in [0.25, 0.3) is 0 Å². The zero-order valence-electron chi connectivity index (χ0n) is 17.2. The SMILES string of the molecule is O=C(Nc1nc2c(s1)CN(C(=O)C1CC(=O)N(c3ccccc3)C1)CC2)c1ccccn1. The number of carbonyl (C=O) groups excluding carboxylic acids is 3. The molecule has 3 aromatic rings. The van der Waals surface area contributed by atoms with Crippen molar-refractivity contribution >= 4 is 39.9 Å². The van der Waals surface area contributed by atoms with E-state index < -0.39 is 0 Å². The quantitative estimate of drug-likeness (QED) is 0.664. The average Bonchev–Trinajstić information content (AvgIpc) is 3.42. The second-order valence-corrected chi connectivity index (χ2v) is 8.89. The normalized spacial score (nSPS) is 17.9. The predicted molar refractivity (Wildman–Crippen MR) is 120 cm³/mol. The van der Waals surface area contributed by atoms with Gasteiger partial charge in [0.25, 0.3) is 5.91 Å². The van der Waals surface area contributed by atoms with E-state index in [9.17, 15) is 14.4 Å². The van der Waals surface area contributed by atoms with E-state index in [1.165, 1.54) is 11.3 Å². The van der Waals surface area contributed by atoms with Gasteiger partial charge in [-0.2, -0.15) is 0 Å². The molecule has 1 saturated heterocycles. The van der Waals surface area contributed by atoms with Gasteiger partial charge in [0.2, 0.25) is 11.8 Å². The molecule has 0 spiro atoms. The largest absolute Gasteiger partial charge is 0.337 e. The minimum absolute atomic E-state index is 0.00472. The van der Waals surface area contributed by atoms with E-state index >= 15 is 0 Å². The number of para-hydroxylation sites is 1. The highest BCUT2D eigenvalue weighted by Crippen LogP contribution is 2.31. The van der Waals surface area contributed by atoms with Gasteiger partial charge in [-0.3, -0.25) is 24.7 Å². The second kappa shape index (κ2) is 8.51. The Hall–Kier alpha value is -3.59. The van der Waals surface area contributed by atoms with E-state index in [4.69, 9.17) is 0 Å². The molecule has 1 N–H and O–H groups in total. The Morgan fingerprint density at radius 2 is 1.91 bits per heavy atom. The molecule has 2 aromatic heterocycles. The summed E-state index contributed by atoms with van der Waals surface area (Å²) in [6.45, 7) is 1.40. The smallest absolute Gasteiger partial charge is 0.276 e. The van der Waals surface area contributed by atoms with Crippen molar-refractivity contribution < 1.29 is 14.4 Å². The standard InChI is InChI=1S/C23H21N5O3S/c29-20-12-15(13-28(20)16-6-2-1-3-7-16)22(31)27-11-9-17-19(14-27)32-23(25-17)26-21(30)18-8-4-5-10-24-18/h1-8,10,15H,9,11-14H2,(H,25,26,30). The van der Waals surface area contributed by atoms with E-state index in [1.54, 1.807) is 34.2 Å². The van der Waals surface area contributed by atoms with Crippen LogP contribution in [0.1, 0.15) is 27.5 Å². The van der Waals surface area contributed by atoms with Crippen LogP contribution in [0.2, 0.25) is 0 Å². The molecule has 2 aliphatic rings. The minimum Gasteiger partial charge on any atom is -0.337 e. The molecule has 3 amide bonds. The summed E-state index contributed by atoms with van der Waals surface area (Å²) in [7, 11) is 0. The van der Waals surface area contributed by atoms with Crippen LogP contribution < -0.4 is 10.2 Å². The fourth-order valence-corrected chi connectivity index (χ4v) is 5.10. The first-order chi connectivity index (χ1) is 15.6. The summed E-state index contributed by atoms with van der Waals surface area (Å²) in [5.74, 6) is -0.685. The van der Waals surface area contributed by atoms with Crippen molar-refractivity contribution in [3.63, 3.8) is 0 Å². The maximum Gasteiger partial charge on any atom is 0.276 e. The number of fused-ring (bicyclic) bond motifs is 1. The molecule has 1 aromatic carbocycles. The first-order valence-corrected chi connectivity index (χ1v) is 11.3. The first kappa shape index (κ1) is 20.3. The van der Waals surface area contributed by atoms with Gasteiger partial charge in [-0.1, -0.05) is 35.6 Å². The van der Waals surface area contributed by atoms with Gasteiger partial charge in [-0.05, 0) is 24.3 Å². The van der Waals surface area contributed by atoms with Crippen molar-refractivity contribution in [2.75, 3.05) is 23.3 Å². The number of anilines is 2. The number of pyridine rings is 1. The lowest BCUT2D eigenvalue weighted by Gasteiger charge is -2.28. The number of thiazole rings is 1. The zero-order valence-corrected chi connectivity index (χ0v) is 18.0. The molecule has 5 rings (SSSR count). The van der Waals surface area contributed by atoms with Crippen molar-refractivity contribution in [1.29, 1.82) is 0 Å². The highest BCUT2D eigenvalue weighted by molar-refractivity contribution is 7.15. The molecule has 1 fully saturated rings. The van der Waals surface area contributed by atoms with Crippen molar-refractivity contribution in [2.24, 2.45) is 5.92 Å². The number of aromatic nitrogens is 2. The van der Waals surface area contributed by atoms with Gasteiger partial charge in [0.05, 0.1) is 18.2 Å². The van der Waals surface area contributed by atoms with Gasteiger partial charge in [-0.25, -0.2) is 4.98 Å². The van der Waals surface area contributed by atoms with Gasteiger partial charge in [-0.15, -0.1) is 0 Å². The maximum absolute atomic E-state index is 13.2. The Morgan fingerprint density at radius 1 is 1.09 bits per heavy atom. The van der Waals surface area contributed by atoms with Crippen molar-refractivity contribution in [3.05, 3.63) is 71.0 Å². The Bertz CT molecular complexity index is 1160. The Balaban J connectivity index is 1.24. The number of rotatable bonds is 4. The molecule has 0 radical (unpaired) electrons. The van der Waals surface area contributed by atoms with Crippen LogP contribution in [0.5, 0.6) is 0 Å². The Labute approximate surface area is 188 Å². The summed E-state index contributed by atoms with van der Waals surface area (Å²) in [6, 6.07) is 14.6. The summed E-state index contributed by atoms with van der Waals surface area (Å²) in [6.07, 6.45) is 2.42. The molecule has 8 nitrogen and oxygen atoms in total. The second-order valence-electron chi connectivity index (χ2n) is 7.81. The van der Waals surface area contributed by atoms with Crippen LogP contribution in [0.4, 0.5) is 10.8 Å². The van der Waals surface area contributed by atoms with Crippen LogP contribution in [0.3, 0.4) is 0 Å². The van der Waals surface area contributed by atoms with Gasteiger partial charge in [0.15, 0.2) is 5.13 Å². The highest BCUT2D eigenvalue weighted by atomic mass is 32.1. The molecule has 9 heteroatoms. The van der Waals surface area contributed by atoms with Crippen LogP contribution >= 0.6 is 11.3 Å². The topological polar surface area (TPSA) is 95.5 Å². The number of amides is 3. The molecule has 1 unspecified atom stereocenters. The summed E-state index contributed by atoms with van der Waals surface area (Å²) < 4.78 is 0. The lowest BCUT2D eigenvalue weighted by molar-refractivity contribution is -0.136. The Morgan fingerprint density at radius 3 is 2.69 bits per heavy atom. The van der Waals surface area contributed by atoms with E-state index in [0.29, 0.717) is 36.9 Å².